The monoisotopic (exact) mass is 199 g/mol. The Bertz CT molecular complexity index is 194. The fourth-order valence-corrected chi connectivity index (χ4v) is 1.74. The summed E-state index contributed by atoms with van der Waals surface area (Å²) in [6.07, 6.45) is 2.83. The fraction of sp³-hybridized carbons (Fsp3) is 0.909. The molecule has 0 aromatic carbocycles. The molecule has 1 rings (SSSR count). The second-order valence-corrected chi connectivity index (χ2v) is 4.41. The number of ether oxygens (including phenoxy) is 1. The Labute approximate surface area is 86.4 Å². The number of nitrogens with zero attached hydrogens (tertiary/aromatic N) is 1. The van der Waals surface area contributed by atoms with Crippen molar-refractivity contribution in [3.8, 4) is 0 Å². The van der Waals surface area contributed by atoms with Crippen molar-refractivity contribution in [2.75, 3.05) is 27.2 Å². The Kier molecular flexibility index (Phi) is 4.39. The molecule has 14 heavy (non-hydrogen) atoms. The minimum absolute atomic E-state index is 0.0989. The molecule has 0 N–H and O–H groups in total. The third kappa shape index (κ3) is 4.09. The lowest BCUT2D eigenvalue weighted by atomic mass is 10.2. The molecule has 0 heterocycles. The van der Waals surface area contributed by atoms with Crippen LogP contribution in [-0.2, 0) is 9.53 Å². The first-order valence-electron chi connectivity index (χ1n) is 5.39. The zero-order chi connectivity index (χ0) is 10.6. The van der Waals surface area contributed by atoms with Gasteiger partial charge in [0.05, 0.1) is 7.11 Å². The molecule has 0 aromatic rings. The average Bonchev–Trinajstić information content (AvgIpc) is 2.81. The zero-order valence-corrected chi connectivity index (χ0v) is 9.45. The molecule has 82 valence electrons. The normalized spacial score (nSPS) is 25.1. The largest absolute Gasteiger partial charge is 0.469 e. The van der Waals surface area contributed by atoms with E-state index in [1.807, 2.05) is 0 Å². The smallest absolute Gasteiger partial charge is 0.305 e. The second kappa shape index (κ2) is 5.35. The molecule has 1 aliphatic carbocycles. The molecule has 3 heteroatoms. The predicted molar refractivity (Wildman–Crippen MR) is 56.0 cm³/mol. The Hall–Kier alpha value is -0.570. The van der Waals surface area contributed by atoms with Gasteiger partial charge in [-0.3, -0.25) is 4.79 Å². The number of hydrogen-bond acceptors (Lipinski definition) is 3. The minimum Gasteiger partial charge on any atom is -0.469 e. The van der Waals surface area contributed by atoms with Gasteiger partial charge in [0.25, 0.3) is 0 Å². The van der Waals surface area contributed by atoms with Crippen LogP contribution in [0.2, 0.25) is 0 Å². The van der Waals surface area contributed by atoms with Gasteiger partial charge in [-0.2, -0.15) is 0 Å². The van der Waals surface area contributed by atoms with E-state index >= 15 is 0 Å². The van der Waals surface area contributed by atoms with Crippen molar-refractivity contribution in [1.82, 2.24) is 4.90 Å². The van der Waals surface area contributed by atoms with Crippen LogP contribution < -0.4 is 0 Å². The number of hydrogen-bond donors (Lipinski definition) is 0. The summed E-state index contributed by atoms with van der Waals surface area (Å²) in [6, 6.07) is 0. The van der Waals surface area contributed by atoms with Crippen LogP contribution in [0.4, 0.5) is 0 Å². The van der Waals surface area contributed by atoms with Crippen molar-refractivity contribution in [3.05, 3.63) is 0 Å². The number of carbonyl (C=O) groups excluding carboxylic acids is 1. The van der Waals surface area contributed by atoms with Crippen molar-refractivity contribution < 1.29 is 9.53 Å². The Morgan fingerprint density at radius 2 is 2.21 bits per heavy atom. The van der Waals surface area contributed by atoms with Crippen molar-refractivity contribution in [2.24, 2.45) is 11.8 Å². The molecular formula is C11H21NO2. The van der Waals surface area contributed by atoms with Crippen LogP contribution in [0.3, 0.4) is 0 Å². The summed E-state index contributed by atoms with van der Waals surface area (Å²) in [5, 5.41) is 0. The van der Waals surface area contributed by atoms with Gasteiger partial charge in [0, 0.05) is 13.0 Å². The first kappa shape index (κ1) is 11.5. The summed E-state index contributed by atoms with van der Waals surface area (Å²) < 4.78 is 4.59. The van der Waals surface area contributed by atoms with Crippen LogP contribution in [0.25, 0.3) is 0 Å². The van der Waals surface area contributed by atoms with E-state index in [1.165, 1.54) is 20.1 Å². The highest BCUT2D eigenvalue weighted by atomic mass is 16.5. The molecule has 2 atom stereocenters. The van der Waals surface area contributed by atoms with Crippen LogP contribution in [0.15, 0.2) is 0 Å². The Morgan fingerprint density at radius 3 is 2.71 bits per heavy atom. The van der Waals surface area contributed by atoms with Crippen LogP contribution >= 0.6 is 0 Å². The topological polar surface area (TPSA) is 29.5 Å². The van der Waals surface area contributed by atoms with Gasteiger partial charge in [-0.25, -0.2) is 0 Å². The van der Waals surface area contributed by atoms with E-state index in [4.69, 9.17) is 0 Å². The average molecular weight is 199 g/mol. The second-order valence-electron chi connectivity index (χ2n) is 4.41. The molecule has 3 nitrogen and oxygen atoms in total. The minimum atomic E-state index is -0.0989. The molecule has 1 aliphatic rings. The van der Waals surface area contributed by atoms with Crippen LogP contribution in [0.1, 0.15) is 26.2 Å². The van der Waals surface area contributed by atoms with Crippen molar-refractivity contribution in [1.29, 1.82) is 0 Å². The number of esters is 1. The molecule has 1 fully saturated rings. The molecule has 0 bridgehead atoms. The molecule has 0 saturated heterocycles. The van der Waals surface area contributed by atoms with Gasteiger partial charge in [-0.1, -0.05) is 6.92 Å². The number of methoxy groups -OCH3 is 1. The maximum absolute atomic E-state index is 10.8. The molecule has 0 aliphatic heterocycles. The maximum atomic E-state index is 10.8. The molecule has 0 spiro atoms. The predicted octanol–water partition coefficient (Wildman–Crippen LogP) is 1.53. The van der Waals surface area contributed by atoms with E-state index in [1.54, 1.807) is 0 Å². The van der Waals surface area contributed by atoms with Gasteiger partial charge < -0.3 is 9.64 Å². The summed E-state index contributed by atoms with van der Waals surface area (Å²) in [5.74, 6) is 1.72. The number of rotatable bonds is 6. The maximum Gasteiger partial charge on any atom is 0.305 e. The summed E-state index contributed by atoms with van der Waals surface area (Å²) >= 11 is 0. The van der Waals surface area contributed by atoms with E-state index in [9.17, 15) is 4.79 Å². The number of carbonyl (C=O) groups is 1. The lowest BCUT2D eigenvalue weighted by Gasteiger charge is -2.15. The van der Waals surface area contributed by atoms with E-state index in [0.29, 0.717) is 6.42 Å². The molecule has 0 amide bonds. The van der Waals surface area contributed by atoms with Crippen LogP contribution in [0, 0.1) is 11.8 Å². The van der Waals surface area contributed by atoms with Crippen molar-refractivity contribution in [2.45, 2.75) is 26.2 Å². The SMILES string of the molecule is COC(=O)CCCN(C)CC1CC1C. The van der Waals surface area contributed by atoms with Gasteiger partial charge in [0.1, 0.15) is 0 Å². The van der Waals surface area contributed by atoms with Crippen molar-refractivity contribution >= 4 is 5.97 Å². The zero-order valence-electron chi connectivity index (χ0n) is 9.45. The molecule has 1 saturated carbocycles. The quantitative estimate of drug-likeness (QED) is 0.608. The van der Waals surface area contributed by atoms with E-state index in [-0.39, 0.29) is 5.97 Å². The van der Waals surface area contributed by atoms with E-state index in [0.717, 1.165) is 24.8 Å². The molecular weight excluding hydrogens is 178 g/mol. The van der Waals surface area contributed by atoms with Crippen molar-refractivity contribution in [3.63, 3.8) is 0 Å². The van der Waals surface area contributed by atoms with Gasteiger partial charge in [0.15, 0.2) is 0 Å². The summed E-state index contributed by atoms with van der Waals surface area (Å²) in [7, 11) is 3.57. The third-order valence-electron chi connectivity index (χ3n) is 2.97. The fourth-order valence-electron chi connectivity index (χ4n) is 1.74. The summed E-state index contributed by atoms with van der Waals surface area (Å²) in [6.45, 7) is 4.48. The first-order valence-corrected chi connectivity index (χ1v) is 5.39. The van der Waals surface area contributed by atoms with E-state index < -0.39 is 0 Å². The van der Waals surface area contributed by atoms with Crippen LogP contribution in [-0.4, -0.2) is 38.1 Å². The lowest BCUT2D eigenvalue weighted by molar-refractivity contribution is -0.140. The van der Waals surface area contributed by atoms with Crippen LogP contribution in [0.5, 0.6) is 0 Å². The molecule has 0 aromatic heterocycles. The van der Waals surface area contributed by atoms with Gasteiger partial charge >= 0.3 is 5.97 Å². The van der Waals surface area contributed by atoms with E-state index in [2.05, 4.69) is 23.6 Å². The first-order chi connectivity index (χ1) is 6.63. The highest BCUT2D eigenvalue weighted by Crippen LogP contribution is 2.37. The highest BCUT2D eigenvalue weighted by molar-refractivity contribution is 5.69. The standard InChI is InChI=1S/C11H21NO2/c1-9-7-10(9)8-12(2)6-4-5-11(13)14-3/h9-10H,4-8H2,1-3H3. The summed E-state index contributed by atoms with van der Waals surface area (Å²) in [4.78, 5) is 13.2. The van der Waals surface area contributed by atoms with Gasteiger partial charge in [-0.15, -0.1) is 0 Å². The Morgan fingerprint density at radius 1 is 1.57 bits per heavy atom. The Balaban J connectivity index is 1.97. The third-order valence-corrected chi connectivity index (χ3v) is 2.97. The molecule has 2 unspecified atom stereocenters. The van der Waals surface area contributed by atoms with Gasteiger partial charge in [-0.05, 0) is 38.3 Å². The van der Waals surface area contributed by atoms with Gasteiger partial charge in [0.2, 0.25) is 0 Å². The molecule has 0 radical (unpaired) electrons. The lowest BCUT2D eigenvalue weighted by Crippen LogP contribution is -2.23. The summed E-state index contributed by atoms with van der Waals surface area (Å²) in [5.41, 5.74) is 0. The highest BCUT2D eigenvalue weighted by Gasteiger charge is 2.32.